The summed E-state index contributed by atoms with van der Waals surface area (Å²) in [5.41, 5.74) is 1.57. The molecule has 2 aromatic heterocycles. The largest absolute Gasteiger partial charge is 0.358 e. The first kappa shape index (κ1) is 18.3. The van der Waals surface area contributed by atoms with Crippen molar-refractivity contribution in [3.05, 3.63) is 35.8 Å². The average Bonchev–Trinajstić information content (AvgIpc) is 3.07. The van der Waals surface area contributed by atoms with Crippen LogP contribution in [0.2, 0.25) is 0 Å². The average molecular weight is 357 g/mol. The van der Waals surface area contributed by atoms with Crippen molar-refractivity contribution in [2.24, 2.45) is 13.0 Å². The first-order chi connectivity index (χ1) is 12.5. The SMILES string of the molecule is CNC(=O)c1ccc(N(C)C[C@@H]2CCCN(C)[C@H]2c2ccnn2C)nn1. The van der Waals surface area contributed by atoms with Crippen molar-refractivity contribution in [2.45, 2.75) is 18.9 Å². The third-order valence-corrected chi connectivity index (χ3v) is 5.18. The number of aryl methyl sites for hydroxylation is 1. The molecule has 1 amide bonds. The fraction of sp³-hybridized carbons (Fsp3) is 0.556. The Morgan fingerprint density at radius 2 is 2.12 bits per heavy atom. The van der Waals surface area contributed by atoms with E-state index in [0.29, 0.717) is 17.7 Å². The normalized spacial score (nSPS) is 20.8. The van der Waals surface area contributed by atoms with Gasteiger partial charge in [0.15, 0.2) is 11.5 Å². The van der Waals surface area contributed by atoms with Crippen molar-refractivity contribution in [3.8, 4) is 0 Å². The maximum atomic E-state index is 11.6. The summed E-state index contributed by atoms with van der Waals surface area (Å²) in [6, 6.07) is 6.00. The fourth-order valence-corrected chi connectivity index (χ4v) is 3.82. The van der Waals surface area contributed by atoms with Crippen molar-refractivity contribution in [1.29, 1.82) is 0 Å². The number of nitrogens with zero attached hydrogens (tertiary/aromatic N) is 6. The van der Waals surface area contributed by atoms with Gasteiger partial charge < -0.3 is 10.2 Å². The van der Waals surface area contributed by atoms with Crippen LogP contribution in [0.3, 0.4) is 0 Å². The number of anilines is 1. The minimum Gasteiger partial charge on any atom is -0.358 e. The Morgan fingerprint density at radius 3 is 2.73 bits per heavy atom. The fourth-order valence-electron chi connectivity index (χ4n) is 3.82. The Labute approximate surface area is 154 Å². The van der Waals surface area contributed by atoms with E-state index in [1.807, 2.05) is 31.0 Å². The molecule has 1 N–H and O–H groups in total. The molecule has 2 atom stereocenters. The number of aromatic nitrogens is 4. The third-order valence-electron chi connectivity index (χ3n) is 5.18. The third kappa shape index (κ3) is 3.70. The number of nitrogens with one attached hydrogen (secondary N) is 1. The van der Waals surface area contributed by atoms with Gasteiger partial charge in [0, 0.05) is 33.9 Å². The Bertz CT molecular complexity index is 742. The molecule has 1 saturated heterocycles. The van der Waals surface area contributed by atoms with Crippen LogP contribution in [0.25, 0.3) is 0 Å². The lowest BCUT2D eigenvalue weighted by molar-refractivity contribution is 0.0957. The maximum absolute atomic E-state index is 11.6. The molecule has 8 heteroatoms. The number of rotatable bonds is 5. The molecule has 0 spiro atoms. The molecule has 0 aliphatic carbocycles. The highest BCUT2D eigenvalue weighted by molar-refractivity contribution is 5.91. The van der Waals surface area contributed by atoms with E-state index in [-0.39, 0.29) is 5.91 Å². The number of hydrogen-bond donors (Lipinski definition) is 1. The maximum Gasteiger partial charge on any atom is 0.271 e. The topological polar surface area (TPSA) is 79.2 Å². The van der Waals surface area contributed by atoms with Gasteiger partial charge in [0.05, 0.1) is 11.7 Å². The van der Waals surface area contributed by atoms with E-state index in [9.17, 15) is 4.79 Å². The van der Waals surface area contributed by atoms with E-state index in [1.165, 1.54) is 12.1 Å². The van der Waals surface area contributed by atoms with Gasteiger partial charge in [-0.15, -0.1) is 10.2 Å². The second-order valence-electron chi connectivity index (χ2n) is 6.94. The van der Waals surface area contributed by atoms with Gasteiger partial charge in [0.2, 0.25) is 0 Å². The van der Waals surface area contributed by atoms with Crippen LogP contribution in [0.5, 0.6) is 0 Å². The van der Waals surface area contributed by atoms with Crippen molar-refractivity contribution >= 4 is 11.7 Å². The van der Waals surface area contributed by atoms with E-state index >= 15 is 0 Å². The van der Waals surface area contributed by atoms with Gasteiger partial charge in [-0.25, -0.2) is 0 Å². The summed E-state index contributed by atoms with van der Waals surface area (Å²) in [5, 5.41) is 15.2. The first-order valence-corrected chi connectivity index (χ1v) is 8.96. The minimum atomic E-state index is -0.225. The summed E-state index contributed by atoms with van der Waals surface area (Å²) in [6.07, 6.45) is 4.21. The summed E-state index contributed by atoms with van der Waals surface area (Å²) >= 11 is 0. The predicted molar refractivity (Wildman–Crippen MR) is 100.0 cm³/mol. The minimum absolute atomic E-state index is 0.225. The quantitative estimate of drug-likeness (QED) is 0.863. The Morgan fingerprint density at radius 1 is 1.31 bits per heavy atom. The van der Waals surface area contributed by atoms with Crippen molar-refractivity contribution < 1.29 is 4.79 Å². The Hall–Kier alpha value is -2.48. The molecule has 1 fully saturated rings. The van der Waals surface area contributed by atoms with Crippen LogP contribution in [-0.2, 0) is 7.05 Å². The number of piperidine rings is 1. The Balaban J connectivity index is 1.75. The van der Waals surface area contributed by atoms with Gasteiger partial charge >= 0.3 is 0 Å². The molecule has 140 valence electrons. The molecule has 3 heterocycles. The van der Waals surface area contributed by atoms with Crippen molar-refractivity contribution in [3.63, 3.8) is 0 Å². The number of likely N-dealkylation sites (tertiary alicyclic amines) is 1. The lowest BCUT2D eigenvalue weighted by Crippen LogP contribution is -2.42. The molecule has 2 aromatic rings. The van der Waals surface area contributed by atoms with Crippen LogP contribution in [0.1, 0.15) is 35.1 Å². The van der Waals surface area contributed by atoms with Crippen LogP contribution in [-0.4, -0.2) is 65.0 Å². The van der Waals surface area contributed by atoms with E-state index in [0.717, 1.165) is 25.3 Å². The standard InChI is InChI=1S/C18H27N7O/c1-19-18(26)14-7-8-16(22-21-14)24(3)12-13-6-5-11-23(2)17(13)15-9-10-20-25(15)4/h7-10,13,17H,5-6,11-12H2,1-4H3,(H,19,26)/t13-,17+/m0/s1. The highest BCUT2D eigenvalue weighted by Crippen LogP contribution is 2.35. The number of carbonyl (C=O) groups excluding carboxylic acids is 1. The molecule has 0 bridgehead atoms. The van der Waals surface area contributed by atoms with Crippen LogP contribution in [0.15, 0.2) is 24.4 Å². The molecule has 1 aliphatic heterocycles. The molecule has 0 aromatic carbocycles. The summed E-state index contributed by atoms with van der Waals surface area (Å²) in [7, 11) is 7.80. The molecule has 0 unspecified atom stereocenters. The predicted octanol–water partition coefficient (Wildman–Crippen LogP) is 1.09. The first-order valence-electron chi connectivity index (χ1n) is 8.96. The van der Waals surface area contributed by atoms with Gasteiger partial charge in [-0.1, -0.05) is 0 Å². The van der Waals surface area contributed by atoms with E-state index in [4.69, 9.17) is 0 Å². The molecular formula is C18H27N7O. The second-order valence-corrected chi connectivity index (χ2v) is 6.94. The van der Waals surface area contributed by atoms with Crippen molar-refractivity contribution in [2.75, 3.05) is 39.1 Å². The van der Waals surface area contributed by atoms with Crippen molar-refractivity contribution in [1.82, 2.24) is 30.2 Å². The second kappa shape index (κ2) is 7.82. The highest BCUT2D eigenvalue weighted by atomic mass is 16.1. The Kier molecular flexibility index (Phi) is 5.51. The zero-order chi connectivity index (χ0) is 18.7. The molecule has 1 aliphatic rings. The van der Waals surface area contributed by atoms with E-state index < -0.39 is 0 Å². The molecule has 0 radical (unpaired) electrons. The number of hydrogen-bond acceptors (Lipinski definition) is 6. The monoisotopic (exact) mass is 357 g/mol. The molecule has 3 rings (SSSR count). The summed E-state index contributed by atoms with van der Waals surface area (Å²) < 4.78 is 1.97. The smallest absolute Gasteiger partial charge is 0.271 e. The zero-order valence-corrected chi connectivity index (χ0v) is 15.9. The summed E-state index contributed by atoms with van der Waals surface area (Å²) in [5.74, 6) is 1.01. The molecular weight excluding hydrogens is 330 g/mol. The summed E-state index contributed by atoms with van der Waals surface area (Å²) in [4.78, 5) is 16.1. The van der Waals surface area contributed by atoms with Gasteiger partial charge in [-0.3, -0.25) is 14.4 Å². The van der Waals surface area contributed by atoms with E-state index in [2.05, 4.69) is 43.5 Å². The lowest BCUT2D eigenvalue weighted by Gasteiger charge is -2.40. The molecule has 8 nitrogen and oxygen atoms in total. The number of amides is 1. The highest BCUT2D eigenvalue weighted by Gasteiger charge is 2.33. The van der Waals surface area contributed by atoms with Gasteiger partial charge in [0.25, 0.3) is 5.91 Å². The van der Waals surface area contributed by atoms with Crippen LogP contribution >= 0.6 is 0 Å². The van der Waals surface area contributed by atoms with Crippen LogP contribution in [0, 0.1) is 5.92 Å². The van der Waals surface area contributed by atoms with E-state index in [1.54, 1.807) is 13.1 Å². The number of carbonyl (C=O) groups is 1. The van der Waals surface area contributed by atoms with Crippen LogP contribution in [0.4, 0.5) is 5.82 Å². The molecule has 0 saturated carbocycles. The van der Waals surface area contributed by atoms with Gasteiger partial charge in [-0.2, -0.15) is 5.10 Å². The van der Waals surface area contributed by atoms with Gasteiger partial charge in [-0.05, 0) is 50.6 Å². The summed E-state index contributed by atoms with van der Waals surface area (Å²) in [6.45, 7) is 1.96. The van der Waals surface area contributed by atoms with Gasteiger partial charge in [0.1, 0.15) is 0 Å². The molecule has 26 heavy (non-hydrogen) atoms. The van der Waals surface area contributed by atoms with Crippen LogP contribution < -0.4 is 10.2 Å². The lowest BCUT2D eigenvalue weighted by atomic mass is 9.87. The zero-order valence-electron chi connectivity index (χ0n) is 15.9.